The number of piperidine rings is 1. The highest BCUT2D eigenvalue weighted by Crippen LogP contribution is 2.18. The molecule has 2 rings (SSSR count). The van der Waals surface area contributed by atoms with Crippen molar-refractivity contribution in [1.29, 1.82) is 0 Å². The number of hydrogen-bond donors (Lipinski definition) is 1. The van der Waals surface area contributed by atoms with Gasteiger partial charge in [-0.1, -0.05) is 6.92 Å². The highest BCUT2D eigenvalue weighted by Gasteiger charge is 2.23. The molecule has 116 valence electrons. The maximum absolute atomic E-state index is 12.6. The lowest BCUT2D eigenvalue weighted by Crippen LogP contribution is -2.39. The molecule has 0 aromatic carbocycles. The Kier molecular flexibility index (Phi) is 5.50. The molecule has 1 unspecified atom stereocenters. The molecule has 1 atom stereocenters. The minimum atomic E-state index is 0.00171. The van der Waals surface area contributed by atoms with Gasteiger partial charge in [-0.2, -0.15) is 0 Å². The fourth-order valence-electron chi connectivity index (χ4n) is 2.56. The van der Waals surface area contributed by atoms with Crippen LogP contribution in [0.25, 0.3) is 0 Å². The zero-order valence-electron chi connectivity index (χ0n) is 13.1. The van der Waals surface area contributed by atoms with Crippen molar-refractivity contribution < 1.29 is 9.53 Å². The van der Waals surface area contributed by atoms with Gasteiger partial charge in [0.2, 0.25) is 5.95 Å². The van der Waals surface area contributed by atoms with Gasteiger partial charge in [0.1, 0.15) is 5.69 Å². The van der Waals surface area contributed by atoms with Gasteiger partial charge in [0.15, 0.2) is 0 Å². The predicted octanol–water partition coefficient (Wildman–Crippen LogP) is 1.72. The Hall–Kier alpha value is -1.69. The lowest BCUT2D eigenvalue weighted by Gasteiger charge is -2.30. The van der Waals surface area contributed by atoms with Crippen LogP contribution in [0.2, 0.25) is 0 Å². The Morgan fingerprint density at radius 3 is 3.05 bits per heavy atom. The molecule has 6 nitrogen and oxygen atoms in total. The summed E-state index contributed by atoms with van der Waals surface area (Å²) in [5, 5.41) is 3.08. The van der Waals surface area contributed by atoms with E-state index in [9.17, 15) is 4.79 Å². The van der Waals surface area contributed by atoms with Gasteiger partial charge in [-0.15, -0.1) is 0 Å². The molecule has 21 heavy (non-hydrogen) atoms. The van der Waals surface area contributed by atoms with Crippen LogP contribution in [0.3, 0.4) is 0 Å². The molecule has 6 heteroatoms. The quantitative estimate of drug-likeness (QED) is 0.837. The minimum absolute atomic E-state index is 0.00171. The Balaban J connectivity index is 2.09. The number of likely N-dealkylation sites (tertiary alicyclic amines) is 1. The number of methoxy groups -OCH3 is 1. The summed E-state index contributed by atoms with van der Waals surface area (Å²) in [5.41, 5.74) is 1.26. The van der Waals surface area contributed by atoms with Crippen LogP contribution >= 0.6 is 0 Å². The Bertz CT molecular complexity index is 493. The lowest BCUT2D eigenvalue weighted by atomic mass is 10.00. The zero-order valence-corrected chi connectivity index (χ0v) is 13.1. The summed E-state index contributed by atoms with van der Waals surface area (Å²) in [6.07, 6.45) is 2.26. The summed E-state index contributed by atoms with van der Waals surface area (Å²) in [4.78, 5) is 23.1. The predicted molar refractivity (Wildman–Crippen MR) is 81.4 cm³/mol. The molecule has 1 aromatic heterocycles. The first-order valence-corrected chi connectivity index (χ1v) is 7.48. The van der Waals surface area contributed by atoms with E-state index >= 15 is 0 Å². The van der Waals surface area contributed by atoms with Gasteiger partial charge >= 0.3 is 0 Å². The highest BCUT2D eigenvalue weighted by atomic mass is 16.5. The molecule has 1 aromatic rings. The van der Waals surface area contributed by atoms with Crippen LogP contribution < -0.4 is 5.32 Å². The van der Waals surface area contributed by atoms with Crippen molar-refractivity contribution in [2.24, 2.45) is 5.92 Å². The molecule has 0 aliphatic carbocycles. The van der Waals surface area contributed by atoms with E-state index in [0.29, 0.717) is 30.7 Å². The minimum Gasteiger partial charge on any atom is -0.383 e. The van der Waals surface area contributed by atoms with Crippen LogP contribution in [0, 0.1) is 12.8 Å². The first kappa shape index (κ1) is 15.7. The van der Waals surface area contributed by atoms with Crippen LogP contribution in [0.5, 0.6) is 0 Å². The third-order valence-corrected chi connectivity index (χ3v) is 3.61. The van der Waals surface area contributed by atoms with Crippen LogP contribution in [0.4, 0.5) is 5.95 Å². The van der Waals surface area contributed by atoms with Gasteiger partial charge in [-0.25, -0.2) is 9.97 Å². The monoisotopic (exact) mass is 292 g/mol. The number of aryl methyl sites for hydroxylation is 1. The summed E-state index contributed by atoms with van der Waals surface area (Å²) in [7, 11) is 1.64. The number of ether oxygens (including phenoxy) is 1. The first-order valence-electron chi connectivity index (χ1n) is 7.48. The Morgan fingerprint density at radius 1 is 1.52 bits per heavy atom. The fraction of sp³-hybridized carbons (Fsp3) is 0.667. The van der Waals surface area contributed by atoms with E-state index < -0.39 is 0 Å². The molecular formula is C15H24N4O2. The van der Waals surface area contributed by atoms with Gasteiger partial charge in [0.05, 0.1) is 6.61 Å². The average molecular weight is 292 g/mol. The van der Waals surface area contributed by atoms with Crippen molar-refractivity contribution >= 4 is 11.9 Å². The number of rotatable bonds is 5. The Labute approximate surface area is 125 Å². The second-order valence-electron chi connectivity index (χ2n) is 5.64. The number of hydrogen-bond acceptors (Lipinski definition) is 5. The third kappa shape index (κ3) is 4.39. The van der Waals surface area contributed by atoms with E-state index in [1.54, 1.807) is 13.2 Å². The van der Waals surface area contributed by atoms with Crippen molar-refractivity contribution in [3.63, 3.8) is 0 Å². The second-order valence-corrected chi connectivity index (χ2v) is 5.64. The highest BCUT2D eigenvalue weighted by molar-refractivity contribution is 5.92. The maximum atomic E-state index is 12.6. The van der Waals surface area contributed by atoms with E-state index in [2.05, 4.69) is 22.2 Å². The standard InChI is InChI=1S/C15H24N4O2/c1-11-5-4-7-19(10-11)14(20)13-9-12(2)17-15(18-13)16-6-8-21-3/h9,11H,4-8,10H2,1-3H3,(H,16,17,18). The summed E-state index contributed by atoms with van der Waals surface area (Å²) in [6, 6.07) is 1.75. The number of amides is 1. The van der Waals surface area contributed by atoms with E-state index in [0.717, 1.165) is 25.2 Å². The van der Waals surface area contributed by atoms with Crippen molar-refractivity contribution in [2.75, 3.05) is 38.7 Å². The first-order chi connectivity index (χ1) is 10.1. The summed E-state index contributed by atoms with van der Waals surface area (Å²) < 4.78 is 4.99. The number of carbonyl (C=O) groups is 1. The molecule has 0 spiro atoms. The van der Waals surface area contributed by atoms with Crippen LogP contribution in [0.15, 0.2) is 6.07 Å². The number of carbonyl (C=O) groups excluding carboxylic acids is 1. The molecule has 1 N–H and O–H groups in total. The number of aromatic nitrogens is 2. The van der Waals surface area contributed by atoms with Crippen LogP contribution in [0.1, 0.15) is 35.9 Å². The molecule has 1 fully saturated rings. The molecule has 1 aliphatic rings. The topological polar surface area (TPSA) is 67.3 Å². The van der Waals surface area contributed by atoms with Gasteiger partial charge in [0.25, 0.3) is 5.91 Å². The van der Waals surface area contributed by atoms with E-state index in [1.807, 2.05) is 11.8 Å². The third-order valence-electron chi connectivity index (χ3n) is 3.61. The molecule has 2 heterocycles. The Morgan fingerprint density at radius 2 is 2.33 bits per heavy atom. The SMILES string of the molecule is COCCNc1nc(C)cc(C(=O)N2CCCC(C)C2)n1. The number of nitrogens with one attached hydrogen (secondary N) is 1. The molecule has 1 saturated heterocycles. The van der Waals surface area contributed by atoms with Gasteiger partial charge in [0, 0.05) is 32.4 Å². The maximum Gasteiger partial charge on any atom is 0.272 e. The molecule has 0 radical (unpaired) electrons. The summed E-state index contributed by atoms with van der Waals surface area (Å²) in [5.74, 6) is 1.05. The van der Waals surface area contributed by atoms with Crippen molar-refractivity contribution in [3.8, 4) is 0 Å². The molecule has 0 bridgehead atoms. The summed E-state index contributed by atoms with van der Waals surface area (Å²) >= 11 is 0. The zero-order chi connectivity index (χ0) is 15.2. The van der Waals surface area contributed by atoms with Gasteiger partial charge in [-0.3, -0.25) is 4.79 Å². The van der Waals surface area contributed by atoms with E-state index in [-0.39, 0.29) is 5.91 Å². The van der Waals surface area contributed by atoms with E-state index in [4.69, 9.17) is 4.74 Å². The largest absolute Gasteiger partial charge is 0.383 e. The molecule has 1 aliphatic heterocycles. The summed E-state index contributed by atoms with van der Waals surface area (Å²) in [6.45, 7) is 6.88. The number of nitrogens with zero attached hydrogens (tertiary/aromatic N) is 3. The fourth-order valence-corrected chi connectivity index (χ4v) is 2.56. The lowest BCUT2D eigenvalue weighted by molar-refractivity contribution is 0.0677. The van der Waals surface area contributed by atoms with Crippen molar-refractivity contribution in [3.05, 3.63) is 17.5 Å². The average Bonchev–Trinajstić information content (AvgIpc) is 2.46. The molecule has 1 amide bonds. The van der Waals surface area contributed by atoms with Gasteiger partial charge in [-0.05, 0) is 31.7 Å². The van der Waals surface area contributed by atoms with Crippen molar-refractivity contribution in [1.82, 2.24) is 14.9 Å². The van der Waals surface area contributed by atoms with Crippen molar-refractivity contribution in [2.45, 2.75) is 26.7 Å². The molecular weight excluding hydrogens is 268 g/mol. The van der Waals surface area contributed by atoms with Crippen LogP contribution in [-0.4, -0.2) is 54.1 Å². The normalized spacial score (nSPS) is 18.6. The molecule has 0 saturated carbocycles. The number of anilines is 1. The van der Waals surface area contributed by atoms with Crippen LogP contribution in [-0.2, 0) is 4.74 Å². The smallest absolute Gasteiger partial charge is 0.272 e. The second kappa shape index (κ2) is 7.36. The van der Waals surface area contributed by atoms with E-state index in [1.165, 1.54) is 6.42 Å². The van der Waals surface area contributed by atoms with Gasteiger partial charge < -0.3 is 15.0 Å².